The lowest BCUT2D eigenvalue weighted by Crippen LogP contribution is -2.18. The molecule has 0 amide bonds. The standard InChI is InChI=1S/C13H16N2OS/c1-10(16)12-5-3-4-6-13(12)15(2)7-11-8-17-9-14-11/h3-6,8-10,16H,7H2,1-2H3/t10-/m1/s1. The number of aliphatic hydroxyl groups excluding tert-OH is 1. The predicted octanol–water partition coefficient (Wildman–Crippen LogP) is 2.83. The highest BCUT2D eigenvalue weighted by atomic mass is 32.1. The Labute approximate surface area is 105 Å². The predicted molar refractivity (Wildman–Crippen MR) is 71.3 cm³/mol. The minimum absolute atomic E-state index is 0.455. The Kier molecular flexibility index (Phi) is 3.76. The fourth-order valence-electron chi connectivity index (χ4n) is 1.83. The van der Waals surface area contributed by atoms with Crippen LogP contribution >= 0.6 is 11.3 Å². The molecule has 0 fully saturated rings. The lowest BCUT2D eigenvalue weighted by atomic mass is 10.1. The van der Waals surface area contributed by atoms with Crippen LogP contribution in [0, 0.1) is 0 Å². The van der Waals surface area contributed by atoms with E-state index in [1.54, 1.807) is 18.3 Å². The van der Waals surface area contributed by atoms with Gasteiger partial charge in [-0.2, -0.15) is 0 Å². The Morgan fingerprint density at radius 2 is 2.18 bits per heavy atom. The molecule has 0 unspecified atom stereocenters. The summed E-state index contributed by atoms with van der Waals surface area (Å²) in [6.45, 7) is 2.54. The van der Waals surface area contributed by atoms with Crippen molar-refractivity contribution in [3.63, 3.8) is 0 Å². The maximum atomic E-state index is 9.74. The highest BCUT2D eigenvalue weighted by molar-refractivity contribution is 7.07. The summed E-state index contributed by atoms with van der Waals surface area (Å²) in [4.78, 5) is 6.38. The molecule has 0 aliphatic rings. The van der Waals surface area contributed by atoms with E-state index in [2.05, 4.69) is 9.88 Å². The number of aliphatic hydroxyl groups is 1. The molecule has 1 heterocycles. The van der Waals surface area contributed by atoms with Crippen molar-refractivity contribution in [3.8, 4) is 0 Å². The van der Waals surface area contributed by atoms with Crippen molar-refractivity contribution < 1.29 is 5.11 Å². The zero-order valence-electron chi connectivity index (χ0n) is 10.00. The molecule has 2 aromatic rings. The maximum Gasteiger partial charge on any atom is 0.0795 e. The number of nitrogens with zero attached hydrogens (tertiary/aromatic N) is 2. The van der Waals surface area contributed by atoms with Crippen LogP contribution in [0.25, 0.3) is 0 Å². The van der Waals surface area contributed by atoms with Crippen LogP contribution in [0.3, 0.4) is 0 Å². The van der Waals surface area contributed by atoms with Crippen molar-refractivity contribution in [2.75, 3.05) is 11.9 Å². The van der Waals surface area contributed by atoms with Crippen LogP contribution in [0.2, 0.25) is 0 Å². The van der Waals surface area contributed by atoms with Crippen molar-refractivity contribution in [2.24, 2.45) is 0 Å². The van der Waals surface area contributed by atoms with E-state index in [1.165, 1.54) is 0 Å². The van der Waals surface area contributed by atoms with E-state index in [4.69, 9.17) is 0 Å². The summed E-state index contributed by atoms with van der Waals surface area (Å²) in [6.07, 6.45) is -0.455. The van der Waals surface area contributed by atoms with Gasteiger partial charge in [0, 0.05) is 23.7 Å². The molecule has 0 saturated heterocycles. The average molecular weight is 248 g/mol. The highest BCUT2D eigenvalue weighted by Gasteiger charge is 2.11. The second-order valence-corrected chi connectivity index (χ2v) is 4.79. The molecule has 2 rings (SSSR count). The molecule has 0 aliphatic carbocycles. The molecule has 1 aromatic carbocycles. The van der Waals surface area contributed by atoms with Gasteiger partial charge >= 0.3 is 0 Å². The largest absolute Gasteiger partial charge is 0.389 e. The zero-order valence-corrected chi connectivity index (χ0v) is 10.8. The third-order valence-corrected chi connectivity index (χ3v) is 3.32. The van der Waals surface area contributed by atoms with Gasteiger partial charge < -0.3 is 10.0 Å². The van der Waals surface area contributed by atoms with Crippen molar-refractivity contribution in [3.05, 3.63) is 46.4 Å². The minimum atomic E-state index is -0.455. The smallest absolute Gasteiger partial charge is 0.0795 e. The zero-order chi connectivity index (χ0) is 12.3. The molecule has 0 saturated carbocycles. The van der Waals surface area contributed by atoms with Gasteiger partial charge in [-0.05, 0) is 13.0 Å². The van der Waals surface area contributed by atoms with Crippen molar-refractivity contribution >= 4 is 17.0 Å². The van der Waals surface area contributed by atoms with Gasteiger partial charge in [0.15, 0.2) is 0 Å². The Bertz CT molecular complexity index is 468. The second-order valence-electron chi connectivity index (χ2n) is 4.07. The van der Waals surface area contributed by atoms with Crippen LogP contribution in [0.4, 0.5) is 5.69 Å². The van der Waals surface area contributed by atoms with E-state index in [1.807, 2.05) is 42.2 Å². The molecule has 4 heteroatoms. The lowest BCUT2D eigenvalue weighted by Gasteiger charge is -2.22. The third kappa shape index (κ3) is 2.84. The van der Waals surface area contributed by atoms with E-state index in [9.17, 15) is 5.11 Å². The number of thiazole rings is 1. The van der Waals surface area contributed by atoms with Gasteiger partial charge in [0.2, 0.25) is 0 Å². The van der Waals surface area contributed by atoms with E-state index >= 15 is 0 Å². The normalized spacial score (nSPS) is 12.4. The number of rotatable bonds is 4. The molecular weight excluding hydrogens is 232 g/mol. The molecule has 17 heavy (non-hydrogen) atoms. The molecule has 3 nitrogen and oxygen atoms in total. The van der Waals surface area contributed by atoms with Crippen molar-refractivity contribution in [1.82, 2.24) is 4.98 Å². The summed E-state index contributed by atoms with van der Waals surface area (Å²) in [6, 6.07) is 7.91. The Morgan fingerprint density at radius 3 is 2.82 bits per heavy atom. The third-order valence-electron chi connectivity index (χ3n) is 2.68. The summed E-state index contributed by atoms with van der Waals surface area (Å²) in [5.74, 6) is 0. The van der Waals surface area contributed by atoms with Crippen LogP contribution < -0.4 is 4.90 Å². The van der Waals surface area contributed by atoms with E-state index in [-0.39, 0.29) is 0 Å². The van der Waals surface area contributed by atoms with Crippen LogP contribution in [-0.4, -0.2) is 17.1 Å². The van der Waals surface area contributed by atoms with Crippen molar-refractivity contribution in [2.45, 2.75) is 19.6 Å². The van der Waals surface area contributed by atoms with Gasteiger partial charge in [0.25, 0.3) is 0 Å². The van der Waals surface area contributed by atoms with Gasteiger partial charge in [-0.25, -0.2) is 4.98 Å². The number of hydrogen-bond donors (Lipinski definition) is 1. The summed E-state index contributed by atoms with van der Waals surface area (Å²) < 4.78 is 0. The van der Waals surface area contributed by atoms with E-state index in [0.717, 1.165) is 23.5 Å². The second kappa shape index (κ2) is 5.29. The van der Waals surface area contributed by atoms with Crippen LogP contribution in [0.15, 0.2) is 35.2 Å². The summed E-state index contributed by atoms with van der Waals surface area (Å²) >= 11 is 1.60. The van der Waals surface area contributed by atoms with Gasteiger partial charge in [-0.3, -0.25) is 0 Å². The number of hydrogen-bond acceptors (Lipinski definition) is 4. The molecule has 0 radical (unpaired) electrons. The Hall–Kier alpha value is -1.39. The highest BCUT2D eigenvalue weighted by Crippen LogP contribution is 2.26. The molecular formula is C13H16N2OS. The van der Waals surface area contributed by atoms with Crippen LogP contribution in [-0.2, 0) is 6.54 Å². The molecule has 1 aromatic heterocycles. The van der Waals surface area contributed by atoms with Gasteiger partial charge in [0.05, 0.1) is 23.9 Å². The summed E-state index contributed by atoms with van der Waals surface area (Å²) in [7, 11) is 2.01. The maximum absolute atomic E-state index is 9.74. The average Bonchev–Trinajstić information content (AvgIpc) is 2.81. The van der Waals surface area contributed by atoms with Gasteiger partial charge in [-0.1, -0.05) is 18.2 Å². The molecule has 0 aliphatic heterocycles. The number of anilines is 1. The quantitative estimate of drug-likeness (QED) is 0.904. The van der Waals surface area contributed by atoms with Crippen LogP contribution in [0.1, 0.15) is 24.3 Å². The Balaban J connectivity index is 2.21. The summed E-state index contributed by atoms with van der Waals surface area (Å²) in [5.41, 5.74) is 4.89. The first-order valence-electron chi connectivity index (χ1n) is 5.53. The van der Waals surface area contributed by atoms with Gasteiger partial charge in [-0.15, -0.1) is 11.3 Å². The summed E-state index contributed by atoms with van der Waals surface area (Å²) in [5, 5.41) is 11.8. The number of aromatic nitrogens is 1. The van der Waals surface area contributed by atoms with Gasteiger partial charge in [0.1, 0.15) is 0 Å². The minimum Gasteiger partial charge on any atom is -0.389 e. The van der Waals surface area contributed by atoms with E-state index < -0.39 is 6.10 Å². The molecule has 90 valence electrons. The molecule has 1 atom stereocenters. The SMILES string of the molecule is C[C@@H](O)c1ccccc1N(C)Cc1cscn1. The fourth-order valence-corrected chi connectivity index (χ4v) is 2.38. The van der Waals surface area contributed by atoms with Crippen molar-refractivity contribution in [1.29, 1.82) is 0 Å². The van der Waals surface area contributed by atoms with E-state index in [0.29, 0.717) is 0 Å². The number of para-hydroxylation sites is 1. The first-order chi connectivity index (χ1) is 8.18. The first-order valence-corrected chi connectivity index (χ1v) is 6.48. The monoisotopic (exact) mass is 248 g/mol. The topological polar surface area (TPSA) is 36.4 Å². The molecule has 0 bridgehead atoms. The Morgan fingerprint density at radius 1 is 1.41 bits per heavy atom. The molecule has 1 N–H and O–H groups in total. The van der Waals surface area contributed by atoms with Crippen LogP contribution in [0.5, 0.6) is 0 Å². The molecule has 0 spiro atoms. The number of benzene rings is 1. The first kappa shape index (κ1) is 12.1. The fraction of sp³-hybridized carbons (Fsp3) is 0.308. The lowest BCUT2D eigenvalue weighted by molar-refractivity contribution is 0.199.